The molecule has 3 heteroatoms. The number of carbonyl (C=O) groups is 1. The number of nitrogens with one attached hydrogen (secondary N) is 1. The molecule has 0 spiro atoms. The molecule has 0 unspecified atom stereocenters. The van der Waals surface area contributed by atoms with Crippen molar-refractivity contribution >= 4 is 12.1 Å². The Labute approximate surface area is 55.1 Å². The number of primary amides is 1. The van der Waals surface area contributed by atoms with Crippen molar-refractivity contribution < 1.29 is 4.79 Å². The van der Waals surface area contributed by atoms with Gasteiger partial charge in [-0.05, 0) is 6.08 Å². The molecule has 0 aliphatic heterocycles. The van der Waals surface area contributed by atoms with Gasteiger partial charge in [0.05, 0.1) is 0 Å². The van der Waals surface area contributed by atoms with E-state index in [0.29, 0.717) is 0 Å². The maximum absolute atomic E-state index is 9.79. The molecule has 0 heterocycles. The number of amides is 1. The summed E-state index contributed by atoms with van der Waals surface area (Å²) >= 11 is 0. The van der Waals surface area contributed by atoms with Crippen LogP contribution in [0.3, 0.4) is 0 Å². The lowest BCUT2D eigenvalue weighted by Gasteiger charge is -1.70. The molecular weight excluding hydrogens is 116 g/mol. The van der Waals surface area contributed by atoms with Crippen LogP contribution in [0.25, 0.3) is 0 Å². The Balaban J connectivity index is 0. The maximum atomic E-state index is 9.79. The Morgan fingerprint density at radius 3 is 2.11 bits per heavy atom. The first-order valence-corrected chi connectivity index (χ1v) is 2.74. The first kappa shape index (κ1) is 10.8. The first-order chi connectivity index (χ1) is 4.27. The summed E-state index contributed by atoms with van der Waals surface area (Å²) in [4.78, 5) is 9.79. The van der Waals surface area contributed by atoms with Crippen molar-refractivity contribution in [3.8, 4) is 0 Å². The van der Waals surface area contributed by atoms with E-state index >= 15 is 0 Å². The van der Waals surface area contributed by atoms with Crippen molar-refractivity contribution in [2.24, 2.45) is 5.73 Å². The summed E-state index contributed by atoms with van der Waals surface area (Å²) in [5, 5.41) is 6.38. The van der Waals surface area contributed by atoms with Crippen LogP contribution in [0.5, 0.6) is 0 Å². The molecule has 52 valence electrons. The highest BCUT2D eigenvalue weighted by Crippen LogP contribution is 1.60. The summed E-state index contributed by atoms with van der Waals surface area (Å²) in [6, 6.07) is 0. The van der Waals surface area contributed by atoms with Gasteiger partial charge >= 0.3 is 0 Å². The predicted molar refractivity (Wildman–Crippen MR) is 38.5 cm³/mol. The van der Waals surface area contributed by atoms with Gasteiger partial charge in [0.25, 0.3) is 0 Å². The summed E-state index contributed by atoms with van der Waals surface area (Å²) in [5.74, 6) is -0.525. The first-order valence-electron chi connectivity index (χ1n) is 2.74. The molecule has 0 atom stereocenters. The Hall–Kier alpha value is -1.12. The Morgan fingerprint density at radius 1 is 1.56 bits per heavy atom. The molecular formula is C6H12N2O. The van der Waals surface area contributed by atoms with Gasteiger partial charge in [-0.25, -0.2) is 0 Å². The molecule has 0 aliphatic carbocycles. The van der Waals surface area contributed by atoms with E-state index in [0.717, 1.165) is 12.3 Å². The summed E-state index contributed by atoms with van der Waals surface area (Å²) in [6.07, 6.45) is 3.38. The lowest BCUT2D eigenvalue weighted by Crippen LogP contribution is -2.05. The largest absolute Gasteiger partial charge is 0.366 e. The van der Waals surface area contributed by atoms with E-state index in [4.69, 9.17) is 5.41 Å². The minimum absolute atomic E-state index is 0.525. The highest BCUT2D eigenvalue weighted by molar-refractivity contribution is 5.89. The van der Waals surface area contributed by atoms with Crippen molar-refractivity contribution in [1.29, 1.82) is 5.41 Å². The summed E-state index contributed by atoms with van der Waals surface area (Å²) in [5.41, 5.74) is 4.65. The average Bonchev–Trinajstić information content (AvgIpc) is 1.88. The minimum Gasteiger partial charge on any atom is -0.366 e. The summed E-state index contributed by atoms with van der Waals surface area (Å²) in [6.45, 7) is 4.00. The van der Waals surface area contributed by atoms with Crippen molar-refractivity contribution in [2.45, 2.75) is 13.8 Å². The van der Waals surface area contributed by atoms with Gasteiger partial charge in [0.2, 0.25) is 5.91 Å². The Bertz CT molecular complexity index is 108. The quantitative estimate of drug-likeness (QED) is 0.417. The fourth-order valence-corrected chi connectivity index (χ4v) is 0.143. The molecule has 0 bridgehead atoms. The van der Waals surface area contributed by atoms with Crippen LogP contribution < -0.4 is 5.73 Å². The predicted octanol–water partition coefficient (Wildman–Crippen LogP) is 0.704. The molecule has 1 amide bonds. The van der Waals surface area contributed by atoms with Crippen LogP contribution in [-0.2, 0) is 4.79 Å². The van der Waals surface area contributed by atoms with E-state index in [2.05, 4.69) is 5.73 Å². The van der Waals surface area contributed by atoms with E-state index in [1.165, 1.54) is 6.08 Å². The SMILES string of the molecule is CC.N=C/C=C\C(N)=O. The smallest absolute Gasteiger partial charge is 0.241 e. The molecule has 9 heavy (non-hydrogen) atoms. The van der Waals surface area contributed by atoms with Crippen molar-refractivity contribution in [3.63, 3.8) is 0 Å². The van der Waals surface area contributed by atoms with E-state index in [1.54, 1.807) is 0 Å². The molecule has 0 rings (SSSR count). The van der Waals surface area contributed by atoms with Gasteiger partial charge in [-0.2, -0.15) is 0 Å². The third-order valence-corrected chi connectivity index (χ3v) is 0.357. The van der Waals surface area contributed by atoms with E-state index in [1.807, 2.05) is 13.8 Å². The molecule has 3 N–H and O–H groups in total. The fourth-order valence-electron chi connectivity index (χ4n) is 0.143. The number of nitrogens with two attached hydrogens (primary N) is 1. The molecule has 0 aromatic carbocycles. The number of hydrogen-bond acceptors (Lipinski definition) is 2. The van der Waals surface area contributed by atoms with E-state index in [9.17, 15) is 4.79 Å². The molecule has 0 saturated carbocycles. The van der Waals surface area contributed by atoms with Crippen LogP contribution in [0.15, 0.2) is 12.2 Å². The standard InChI is InChI=1S/C4H6N2O.C2H6/c5-3-1-2-4(6)7;1-2/h1-3,5H,(H2,6,7);1-2H3/b2-1-,5-3?;. The molecule has 0 aromatic heterocycles. The van der Waals surface area contributed by atoms with E-state index in [-0.39, 0.29) is 0 Å². The highest BCUT2D eigenvalue weighted by atomic mass is 16.1. The lowest BCUT2D eigenvalue weighted by atomic mass is 10.5. The van der Waals surface area contributed by atoms with Gasteiger partial charge < -0.3 is 11.1 Å². The van der Waals surface area contributed by atoms with Gasteiger partial charge in [0, 0.05) is 12.3 Å². The summed E-state index contributed by atoms with van der Waals surface area (Å²) in [7, 11) is 0. The fraction of sp³-hybridized carbons (Fsp3) is 0.333. The molecule has 0 fully saturated rings. The van der Waals surface area contributed by atoms with Crippen LogP contribution >= 0.6 is 0 Å². The van der Waals surface area contributed by atoms with Gasteiger partial charge in [-0.3, -0.25) is 4.79 Å². The second kappa shape index (κ2) is 9.99. The zero-order valence-electron chi connectivity index (χ0n) is 5.72. The van der Waals surface area contributed by atoms with Crippen LogP contribution in [0.2, 0.25) is 0 Å². The Morgan fingerprint density at radius 2 is 2.00 bits per heavy atom. The molecule has 0 aromatic rings. The van der Waals surface area contributed by atoms with Crippen molar-refractivity contribution in [2.75, 3.05) is 0 Å². The van der Waals surface area contributed by atoms with Crippen LogP contribution in [0.1, 0.15) is 13.8 Å². The Kier molecular flexibility index (Phi) is 12.0. The molecule has 0 saturated heterocycles. The zero-order valence-corrected chi connectivity index (χ0v) is 5.72. The van der Waals surface area contributed by atoms with Gasteiger partial charge in [-0.15, -0.1) is 0 Å². The molecule has 0 radical (unpaired) electrons. The monoisotopic (exact) mass is 128 g/mol. The number of hydrogen-bond donors (Lipinski definition) is 2. The zero-order chi connectivity index (χ0) is 7.70. The molecule has 3 nitrogen and oxygen atoms in total. The normalized spacial score (nSPS) is 7.78. The van der Waals surface area contributed by atoms with Gasteiger partial charge in [0.15, 0.2) is 0 Å². The topological polar surface area (TPSA) is 66.9 Å². The maximum Gasteiger partial charge on any atom is 0.241 e. The summed E-state index contributed by atoms with van der Waals surface area (Å²) < 4.78 is 0. The number of allylic oxidation sites excluding steroid dienone is 1. The van der Waals surface area contributed by atoms with Crippen LogP contribution in [0.4, 0.5) is 0 Å². The van der Waals surface area contributed by atoms with Gasteiger partial charge in [-0.1, -0.05) is 13.8 Å². The van der Waals surface area contributed by atoms with E-state index < -0.39 is 5.91 Å². The second-order valence-corrected chi connectivity index (χ2v) is 0.928. The molecule has 0 aliphatic rings. The number of carbonyl (C=O) groups excluding carboxylic acids is 1. The third-order valence-electron chi connectivity index (χ3n) is 0.357. The van der Waals surface area contributed by atoms with Gasteiger partial charge in [0.1, 0.15) is 0 Å². The lowest BCUT2D eigenvalue weighted by molar-refractivity contribution is -0.113. The van der Waals surface area contributed by atoms with Crippen molar-refractivity contribution in [3.05, 3.63) is 12.2 Å². The minimum atomic E-state index is -0.525. The van der Waals surface area contributed by atoms with Crippen LogP contribution in [0, 0.1) is 5.41 Å². The second-order valence-electron chi connectivity index (χ2n) is 0.928. The number of rotatable bonds is 2. The van der Waals surface area contributed by atoms with Crippen LogP contribution in [-0.4, -0.2) is 12.1 Å². The average molecular weight is 128 g/mol. The third kappa shape index (κ3) is 19.8. The highest BCUT2D eigenvalue weighted by Gasteiger charge is 1.74. The van der Waals surface area contributed by atoms with Crippen molar-refractivity contribution in [1.82, 2.24) is 0 Å².